The van der Waals surface area contributed by atoms with Crippen LogP contribution in [0.25, 0.3) is 0 Å². The lowest BCUT2D eigenvalue weighted by atomic mass is 10.2. The van der Waals surface area contributed by atoms with Gasteiger partial charge in [-0.3, -0.25) is 4.79 Å². The lowest BCUT2D eigenvalue weighted by Gasteiger charge is -2.15. The van der Waals surface area contributed by atoms with E-state index in [2.05, 4.69) is 5.32 Å². The summed E-state index contributed by atoms with van der Waals surface area (Å²) in [6.07, 6.45) is -0.717. The second kappa shape index (κ2) is 5.93. The van der Waals surface area contributed by atoms with Gasteiger partial charge in [-0.1, -0.05) is 0 Å². The number of benzene rings is 2. The van der Waals surface area contributed by atoms with Crippen LogP contribution in [-0.2, 0) is 4.79 Å². The second-order valence-corrected chi connectivity index (χ2v) is 4.77. The molecule has 1 N–H and O–H groups in total. The second-order valence-electron chi connectivity index (χ2n) is 4.77. The van der Waals surface area contributed by atoms with Crippen LogP contribution in [-0.4, -0.2) is 18.8 Å². The number of nitrogens with one attached hydrogen (secondary N) is 1. The maximum Gasteiger partial charge on any atom is 0.265 e. The van der Waals surface area contributed by atoms with Gasteiger partial charge < -0.3 is 19.5 Å². The number of hydrogen-bond donors (Lipinski definition) is 1. The SMILES string of the molecule is C[C@@H](Oc1ccc2c(c1)OCO2)C(=O)Nc1ccc(F)cc1. The Bertz CT molecular complexity index is 687. The molecule has 1 aliphatic heterocycles. The molecule has 0 unspecified atom stereocenters. The molecule has 2 aromatic carbocycles. The molecule has 1 aliphatic rings. The number of carbonyl (C=O) groups excluding carboxylic acids is 1. The Morgan fingerprint density at radius 2 is 1.91 bits per heavy atom. The quantitative estimate of drug-likeness (QED) is 0.943. The summed E-state index contributed by atoms with van der Waals surface area (Å²) in [5.41, 5.74) is 0.507. The Balaban J connectivity index is 1.62. The van der Waals surface area contributed by atoms with Gasteiger partial charge >= 0.3 is 0 Å². The summed E-state index contributed by atoms with van der Waals surface area (Å²) >= 11 is 0. The maximum absolute atomic E-state index is 12.8. The number of fused-ring (bicyclic) bond motifs is 1. The first-order valence-electron chi connectivity index (χ1n) is 6.74. The van der Waals surface area contributed by atoms with Gasteiger partial charge in [-0.15, -0.1) is 0 Å². The number of amides is 1. The van der Waals surface area contributed by atoms with Gasteiger partial charge in [-0.25, -0.2) is 4.39 Å². The third-order valence-electron chi connectivity index (χ3n) is 3.14. The van der Waals surface area contributed by atoms with Crippen LogP contribution in [0.15, 0.2) is 42.5 Å². The molecule has 0 radical (unpaired) electrons. The van der Waals surface area contributed by atoms with Gasteiger partial charge in [-0.05, 0) is 43.3 Å². The maximum atomic E-state index is 12.8. The van der Waals surface area contributed by atoms with Gasteiger partial charge in [0.15, 0.2) is 17.6 Å². The highest BCUT2D eigenvalue weighted by Gasteiger charge is 2.18. The lowest BCUT2D eigenvalue weighted by molar-refractivity contribution is -0.122. The molecule has 114 valence electrons. The molecule has 3 rings (SSSR count). The van der Waals surface area contributed by atoms with E-state index < -0.39 is 6.10 Å². The number of rotatable bonds is 4. The van der Waals surface area contributed by atoms with Gasteiger partial charge in [-0.2, -0.15) is 0 Å². The van der Waals surface area contributed by atoms with E-state index in [9.17, 15) is 9.18 Å². The third kappa shape index (κ3) is 3.11. The molecule has 0 fully saturated rings. The number of hydrogen-bond acceptors (Lipinski definition) is 4. The van der Waals surface area contributed by atoms with E-state index >= 15 is 0 Å². The Labute approximate surface area is 126 Å². The Kier molecular flexibility index (Phi) is 3.82. The Morgan fingerprint density at radius 3 is 2.68 bits per heavy atom. The molecule has 1 amide bonds. The van der Waals surface area contributed by atoms with Crippen LogP contribution in [0, 0.1) is 5.82 Å². The zero-order chi connectivity index (χ0) is 15.5. The summed E-state index contributed by atoms with van der Waals surface area (Å²) in [4.78, 5) is 12.0. The van der Waals surface area contributed by atoms with Crippen LogP contribution in [0.3, 0.4) is 0 Å². The smallest absolute Gasteiger partial charge is 0.265 e. The van der Waals surface area contributed by atoms with E-state index in [4.69, 9.17) is 14.2 Å². The summed E-state index contributed by atoms with van der Waals surface area (Å²) in [7, 11) is 0. The number of halogens is 1. The molecule has 2 aromatic rings. The van der Waals surface area contributed by atoms with E-state index in [1.165, 1.54) is 24.3 Å². The van der Waals surface area contributed by atoms with E-state index in [1.54, 1.807) is 25.1 Å². The minimum Gasteiger partial charge on any atom is -0.481 e. The van der Waals surface area contributed by atoms with Crippen molar-refractivity contribution in [2.24, 2.45) is 0 Å². The first-order valence-corrected chi connectivity index (χ1v) is 6.74. The fourth-order valence-electron chi connectivity index (χ4n) is 1.98. The molecule has 0 spiro atoms. The van der Waals surface area contributed by atoms with E-state index in [-0.39, 0.29) is 18.5 Å². The van der Waals surface area contributed by atoms with E-state index in [0.29, 0.717) is 22.9 Å². The Morgan fingerprint density at radius 1 is 1.18 bits per heavy atom. The predicted molar refractivity (Wildman–Crippen MR) is 77.7 cm³/mol. The van der Waals surface area contributed by atoms with Crippen molar-refractivity contribution in [3.05, 3.63) is 48.3 Å². The molecule has 6 heteroatoms. The molecule has 0 aliphatic carbocycles. The molecule has 0 aromatic heterocycles. The van der Waals surface area contributed by atoms with Gasteiger partial charge in [0.05, 0.1) is 0 Å². The summed E-state index contributed by atoms with van der Waals surface area (Å²) in [6.45, 7) is 1.81. The lowest BCUT2D eigenvalue weighted by Crippen LogP contribution is -2.30. The minimum absolute atomic E-state index is 0.180. The van der Waals surface area contributed by atoms with Gasteiger partial charge in [0.25, 0.3) is 5.91 Å². The molecule has 22 heavy (non-hydrogen) atoms. The van der Waals surface area contributed by atoms with E-state index in [0.717, 1.165) is 0 Å². The molecular formula is C16H14FNO4. The number of anilines is 1. The van der Waals surface area contributed by atoms with Crippen LogP contribution in [0.1, 0.15) is 6.92 Å². The average molecular weight is 303 g/mol. The highest BCUT2D eigenvalue weighted by atomic mass is 19.1. The molecule has 5 nitrogen and oxygen atoms in total. The highest BCUT2D eigenvalue weighted by Crippen LogP contribution is 2.35. The van der Waals surface area contributed by atoms with E-state index in [1.807, 2.05) is 0 Å². The molecule has 1 atom stereocenters. The van der Waals surface area contributed by atoms with Crippen molar-refractivity contribution in [3.63, 3.8) is 0 Å². The minimum atomic E-state index is -0.717. The molecular weight excluding hydrogens is 289 g/mol. The van der Waals surface area contributed by atoms with Crippen LogP contribution in [0.5, 0.6) is 17.2 Å². The van der Waals surface area contributed by atoms with Crippen molar-refractivity contribution >= 4 is 11.6 Å². The molecule has 0 bridgehead atoms. The zero-order valence-corrected chi connectivity index (χ0v) is 11.8. The van der Waals surface area contributed by atoms with Crippen LogP contribution in [0.2, 0.25) is 0 Å². The monoisotopic (exact) mass is 303 g/mol. The summed E-state index contributed by atoms with van der Waals surface area (Å²) in [6, 6.07) is 10.6. The number of ether oxygens (including phenoxy) is 3. The summed E-state index contributed by atoms with van der Waals surface area (Å²) in [5, 5.41) is 2.65. The van der Waals surface area contributed by atoms with Crippen LogP contribution in [0.4, 0.5) is 10.1 Å². The first-order chi connectivity index (χ1) is 10.6. The third-order valence-corrected chi connectivity index (χ3v) is 3.14. The summed E-state index contributed by atoms with van der Waals surface area (Å²) in [5.74, 6) is 1.05. The Hall–Kier alpha value is -2.76. The average Bonchev–Trinajstić information content (AvgIpc) is 2.97. The highest BCUT2D eigenvalue weighted by molar-refractivity contribution is 5.94. The van der Waals surface area contributed by atoms with Gasteiger partial charge in [0.2, 0.25) is 6.79 Å². The van der Waals surface area contributed by atoms with Crippen molar-refractivity contribution in [2.75, 3.05) is 12.1 Å². The van der Waals surface area contributed by atoms with Crippen molar-refractivity contribution in [1.82, 2.24) is 0 Å². The van der Waals surface area contributed by atoms with Crippen molar-refractivity contribution < 1.29 is 23.4 Å². The fraction of sp³-hybridized carbons (Fsp3) is 0.188. The van der Waals surface area contributed by atoms with Crippen molar-refractivity contribution in [3.8, 4) is 17.2 Å². The summed E-state index contributed by atoms with van der Waals surface area (Å²) < 4.78 is 28.9. The van der Waals surface area contributed by atoms with Crippen molar-refractivity contribution in [2.45, 2.75) is 13.0 Å². The normalized spacial score (nSPS) is 13.5. The molecule has 1 heterocycles. The predicted octanol–water partition coefficient (Wildman–Crippen LogP) is 2.96. The molecule has 0 saturated heterocycles. The topological polar surface area (TPSA) is 56.8 Å². The van der Waals surface area contributed by atoms with Crippen molar-refractivity contribution in [1.29, 1.82) is 0 Å². The zero-order valence-electron chi connectivity index (χ0n) is 11.8. The molecule has 0 saturated carbocycles. The van der Waals surface area contributed by atoms with Gasteiger partial charge in [0, 0.05) is 11.8 Å². The standard InChI is InChI=1S/C16H14FNO4/c1-10(16(19)18-12-4-2-11(17)3-5-12)22-13-6-7-14-15(8-13)21-9-20-14/h2-8,10H,9H2,1H3,(H,18,19)/t10-/m1/s1. The first kappa shape index (κ1) is 14.2. The van der Waals surface area contributed by atoms with Crippen LogP contribution >= 0.6 is 0 Å². The van der Waals surface area contributed by atoms with Crippen LogP contribution < -0.4 is 19.5 Å². The number of carbonyl (C=O) groups is 1. The van der Waals surface area contributed by atoms with Gasteiger partial charge in [0.1, 0.15) is 11.6 Å². The fourth-order valence-corrected chi connectivity index (χ4v) is 1.98. The largest absolute Gasteiger partial charge is 0.481 e.